The Morgan fingerprint density at radius 1 is 1.29 bits per heavy atom. The van der Waals surface area contributed by atoms with Crippen LogP contribution in [-0.2, 0) is 4.79 Å². The Balaban J connectivity index is 1.61. The molecule has 1 saturated heterocycles. The molecule has 21 heavy (non-hydrogen) atoms. The lowest BCUT2D eigenvalue weighted by atomic mass is 10.1. The van der Waals surface area contributed by atoms with Crippen LogP contribution in [-0.4, -0.2) is 38.0 Å². The van der Waals surface area contributed by atoms with E-state index >= 15 is 0 Å². The molecule has 114 valence electrons. The summed E-state index contributed by atoms with van der Waals surface area (Å²) in [5.41, 5.74) is 0.630. The SMILES string of the molecule is O=C(NCCCNC(=O)C1CCNC1)c1cccc(Br)c1. The molecule has 1 atom stereocenters. The Kier molecular flexibility index (Phi) is 6.20. The standard InChI is InChI=1S/C15H20BrN3O2/c16-13-4-1-3-11(9-13)14(20)18-6-2-7-19-15(21)12-5-8-17-10-12/h1,3-4,9,12,17H,2,5-8,10H2,(H,18,20)(H,19,21). The van der Waals surface area contributed by atoms with Crippen LogP contribution in [0.25, 0.3) is 0 Å². The zero-order valence-corrected chi connectivity index (χ0v) is 13.4. The maximum Gasteiger partial charge on any atom is 0.251 e. The van der Waals surface area contributed by atoms with Crippen molar-refractivity contribution < 1.29 is 9.59 Å². The predicted molar refractivity (Wildman–Crippen MR) is 85.1 cm³/mol. The number of carbonyl (C=O) groups excluding carboxylic acids is 2. The first-order valence-electron chi connectivity index (χ1n) is 7.19. The van der Waals surface area contributed by atoms with Crippen LogP contribution in [0, 0.1) is 5.92 Å². The van der Waals surface area contributed by atoms with Crippen molar-refractivity contribution in [3.05, 3.63) is 34.3 Å². The number of carbonyl (C=O) groups is 2. The van der Waals surface area contributed by atoms with E-state index < -0.39 is 0 Å². The van der Waals surface area contributed by atoms with E-state index in [0.29, 0.717) is 18.7 Å². The number of rotatable bonds is 6. The van der Waals surface area contributed by atoms with Crippen LogP contribution in [0.15, 0.2) is 28.7 Å². The first-order chi connectivity index (χ1) is 10.2. The van der Waals surface area contributed by atoms with Gasteiger partial charge in [0.2, 0.25) is 5.91 Å². The number of hydrogen-bond donors (Lipinski definition) is 3. The number of hydrogen-bond acceptors (Lipinski definition) is 3. The van der Waals surface area contributed by atoms with Gasteiger partial charge in [0, 0.05) is 29.7 Å². The minimum absolute atomic E-state index is 0.0948. The normalized spacial score (nSPS) is 17.5. The van der Waals surface area contributed by atoms with Crippen LogP contribution in [0.2, 0.25) is 0 Å². The van der Waals surface area contributed by atoms with E-state index in [-0.39, 0.29) is 17.7 Å². The van der Waals surface area contributed by atoms with E-state index in [2.05, 4.69) is 31.9 Å². The van der Waals surface area contributed by atoms with Crippen molar-refractivity contribution in [3.8, 4) is 0 Å². The van der Waals surface area contributed by atoms with Gasteiger partial charge in [-0.2, -0.15) is 0 Å². The molecule has 0 spiro atoms. The van der Waals surface area contributed by atoms with E-state index in [1.54, 1.807) is 12.1 Å². The molecule has 2 amide bonds. The maximum atomic E-state index is 11.9. The van der Waals surface area contributed by atoms with Crippen molar-refractivity contribution in [3.63, 3.8) is 0 Å². The van der Waals surface area contributed by atoms with Crippen LogP contribution >= 0.6 is 15.9 Å². The van der Waals surface area contributed by atoms with Crippen LogP contribution in [0.3, 0.4) is 0 Å². The fraction of sp³-hybridized carbons (Fsp3) is 0.467. The topological polar surface area (TPSA) is 70.2 Å². The highest BCUT2D eigenvalue weighted by Crippen LogP contribution is 2.11. The number of halogens is 1. The van der Waals surface area contributed by atoms with Gasteiger partial charge in [0.25, 0.3) is 5.91 Å². The molecule has 1 aromatic carbocycles. The summed E-state index contributed by atoms with van der Waals surface area (Å²) in [7, 11) is 0. The van der Waals surface area contributed by atoms with Crippen molar-refractivity contribution >= 4 is 27.7 Å². The van der Waals surface area contributed by atoms with Gasteiger partial charge < -0.3 is 16.0 Å². The van der Waals surface area contributed by atoms with Gasteiger partial charge in [-0.25, -0.2) is 0 Å². The Hall–Kier alpha value is -1.40. The lowest BCUT2D eigenvalue weighted by molar-refractivity contribution is -0.124. The van der Waals surface area contributed by atoms with Crippen LogP contribution in [0.1, 0.15) is 23.2 Å². The molecule has 5 nitrogen and oxygen atoms in total. The highest BCUT2D eigenvalue weighted by atomic mass is 79.9. The second-order valence-electron chi connectivity index (χ2n) is 5.10. The van der Waals surface area contributed by atoms with Gasteiger partial charge in [-0.05, 0) is 37.6 Å². The summed E-state index contributed by atoms with van der Waals surface area (Å²) >= 11 is 3.34. The Morgan fingerprint density at radius 3 is 2.81 bits per heavy atom. The van der Waals surface area contributed by atoms with Gasteiger partial charge >= 0.3 is 0 Å². The van der Waals surface area contributed by atoms with E-state index in [4.69, 9.17) is 0 Å². The second-order valence-corrected chi connectivity index (χ2v) is 6.02. The molecule has 2 rings (SSSR count). The molecule has 0 aliphatic carbocycles. The summed E-state index contributed by atoms with van der Waals surface area (Å²) < 4.78 is 0.882. The van der Waals surface area contributed by atoms with E-state index in [1.165, 1.54) is 0 Å². The zero-order chi connectivity index (χ0) is 15.1. The summed E-state index contributed by atoms with van der Waals surface area (Å²) in [6.07, 6.45) is 1.64. The van der Waals surface area contributed by atoms with Gasteiger partial charge in [-0.15, -0.1) is 0 Å². The average Bonchev–Trinajstić information content (AvgIpc) is 3.00. The number of amides is 2. The van der Waals surface area contributed by atoms with Gasteiger partial charge in [-0.1, -0.05) is 22.0 Å². The van der Waals surface area contributed by atoms with Gasteiger partial charge in [0.1, 0.15) is 0 Å². The lowest BCUT2D eigenvalue weighted by Gasteiger charge is -2.10. The molecule has 1 heterocycles. The molecule has 0 bridgehead atoms. The minimum atomic E-state index is -0.0948. The predicted octanol–water partition coefficient (Wildman–Crippen LogP) is 1.29. The molecular formula is C15H20BrN3O2. The van der Waals surface area contributed by atoms with Crippen LogP contribution in [0.5, 0.6) is 0 Å². The Bertz CT molecular complexity index is 501. The highest BCUT2D eigenvalue weighted by Gasteiger charge is 2.21. The highest BCUT2D eigenvalue weighted by molar-refractivity contribution is 9.10. The van der Waals surface area contributed by atoms with Crippen molar-refractivity contribution in [2.45, 2.75) is 12.8 Å². The van der Waals surface area contributed by atoms with Gasteiger partial charge in [0.05, 0.1) is 5.92 Å². The monoisotopic (exact) mass is 353 g/mol. The number of nitrogens with one attached hydrogen (secondary N) is 3. The fourth-order valence-corrected chi connectivity index (χ4v) is 2.66. The third kappa shape index (κ3) is 5.13. The van der Waals surface area contributed by atoms with Gasteiger partial charge in [0.15, 0.2) is 0 Å². The summed E-state index contributed by atoms with van der Waals surface area (Å²) in [5, 5.41) is 8.93. The van der Waals surface area contributed by atoms with Crippen LogP contribution in [0.4, 0.5) is 0 Å². The molecule has 1 aliphatic heterocycles. The molecule has 1 aliphatic rings. The van der Waals surface area contributed by atoms with Crippen molar-refractivity contribution in [1.29, 1.82) is 0 Å². The molecule has 6 heteroatoms. The molecule has 0 aromatic heterocycles. The molecular weight excluding hydrogens is 334 g/mol. The molecule has 1 aromatic rings. The molecule has 3 N–H and O–H groups in total. The smallest absolute Gasteiger partial charge is 0.251 e. The van der Waals surface area contributed by atoms with Crippen LogP contribution < -0.4 is 16.0 Å². The quantitative estimate of drug-likeness (QED) is 0.675. The summed E-state index contributed by atoms with van der Waals surface area (Å²) in [6.45, 7) is 2.83. The second kappa shape index (κ2) is 8.14. The number of benzene rings is 1. The van der Waals surface area contributed by atoms with Crippen molar-refractivity contribution in [1.82, 2.24) is 16.0 Å². The third-order valence-electron chi connectivity index (χ3n) is 3.46. The minimum Gasteiger partial charge on any atom is -0.356 e. The summed E-state index contributed by atoms with van der Waals surface area (Å²) in [4.78, 5) is 23.6. The van der Waals surface area contributed by atoms with E-state index in [1.807, 2.05) is 12.1 Å². The first-order valence-corrected chi connectivity index (χ1v) is 7.98. The molecule has 1 unspecified atom stereocenters. The van der Waals surface area contributed by atoms with Crippen molar-refractivity contribution in [2.24, 2.45) is 5.92 Å². The fourth-order valence-electron chi connectivity index (χ4n) is 2.26. The zero-order valence-electron chi connectivity index (χ0n) is 11.8. The lowest BCUT2D eigenvalue weighted by Crippen LogP contribution is -2.34. The van der Waals surface area contributed by atoms with Gasteiger partial charge in [-0.3, -0.25) is 9.59 Å². The summed E-state index contributed by atoms with van der Waals surface area (Å²) in [6, 6.07) is 7.26. The average molecular weight is 354 g/mol. The largest absolute Gasteiger partial charge is 0.356 e. The van der Waals surface area contributed by atoms with E-state index in [0.717, 1.165) is 30.4 Å². The summed E-state index contributed by atoms with van der Waals surface area (Å²) in [5.74, 6) is 0.113. The molecule has 1 fully saturated rings. The molecule has 0 radical (unpaired) electrons. The Morgan fingerprint density at radius 2 is 2.10 bits per heavy atom. The third-order valence-corrected chi connectivity index (χ3v) is 3.95. The maximum absolute atomic E-state index is 11.9. The first kappa shape index (κ1) is 16.0. The van der Waals surface area contributed by atoms with E-state index in [9.17, 15) is 9.59 Å². The Labute approximate surface area is 133 Å². The van der Waals surface area contributed by atoms with Crippen molar-refractivity contribution in [2.75, 3.05) is 26.2 Å². The molecule has 0 saturated carbocycles.